The van der Waals surface area contributed by atoms with Gasteiger partial charge in [-0.3, -0.25) is 4.79 Å². The molecule has 0 aliphatic carbocycles. The number of benzene rings is 2. The van der Waals surface area contributed by atoms with E-state index >= 15 is 0 Å². The second-order valence-corrected chi connectivity index (χ2v) is 6.51. The van der Waals surface area contributed by atoms with E-state index in [0.717, 1.165) is 24.0 Å². The Hall–Kier alpha value is -2.09. The van der Waals surface area contributed by atoms with Gasteiger partial charge in [-0.1, -0.05) is 74.5 Å². The third-order valence-electron chi connectivity index (χ3n) is 4.90. The summed E-state index contributed by atoms with van der Waals surface area (Å²) >= 11 is 0. The smallest absolute Gasteiger partial charge is 0.235 e. The number of hydrogen-bond acceptors (Lipinski definition) is 1. The van der Waals surface area contributed by atoms with Crippen LogP contribution in [0.5, 0.6) is 0 Å². The molecule has 0 fully saturated rings. The van der Waals surface area contributed by atoms with Gasteiger partial charge in [-0.25, -0.2) is 0 Å². The number of nitrogens with zero attached hydrogens (tertiary/aromatic N) is 1. The lowest BCUT2D eigenvalue weighted by Gasteiger charge is -2.37. The van der Waals surface area contributed by atoms with E-state index in [-0.39, 0.29) is 23.9 Å². The zero-order chi connectivity index (χ0) is 17.5. The molecule has 0 aromatic heterocycles. The van der Waals surface area contributed by atoms with Gasteiger partial charge < -0.3 is 4.90 Å². The van der Waals surface area contributed by atoms with Crippen molar-refractivity contribution in [1.82, 2.24) is 4.90 Å². The Morgan fingerprint density at radius 2 is 1.17 bits per heavy atom. The summed E-state index contributed by atoms with van der Waals surface area (Å²) in [7, 11) is 0. The van der Waals surface area contributed by atoms with Gasteiger partial charge in [0.2, 0.25) is 5.91 Å². The largest absolute Gasteiger partial charge is 0.336 e. The Labute approximate surface area is 146 Å². The molecule has 0 heterocycles. The molecule has 0 bridgehead atoms. The fourth-order valence-corrected chi connectivity index (χ4v) is 3.18. The highest BCUT2D eigenvalue weighted by Gasteiger charge is 2.31. The first-order chi connectivity index (χ1) is 11.6. The highest BCUT2D eigenvalue weighted by molar-refractivity contribution is 5.87. The molecule has 2 aromatic carbocycles. The van der Waals surface area contributed by atoms with Crippen molar-refractivity contribution in [3.05, 3.63) is 71.8 Å². The second-order valence-electron chi connectivity index (χ2n) is 6.51. The van der Waals surface area contributed by atoms with Crippen molar-refractivity contribution in [2.75, 3.05) is 0 Å². The highest BCUT2D eigenvalue weighted by atomic mass is 16.2. The molecule has 2 aromatic rings. The molecule has 1 amide bonds. The van der Waals surface area contributed by atoms with Crippen LogP contribution in [0.2, 0.25) is 0 Å². The van der Waals surface area contributed by atoms with Gasteiger partial charge in [-0.05, 0) is 37.8 Å². The van der Waals surface area contributed by atoms with Crippen LogP contribution in [0, 0.1) is 0 Å². The summed E-state index contributed by atoms with van der Waals surface area (Å²) in [6.07, 6.45) is 1.93. The minimum absolute atomic E-state index is 0.205. The Bertz CT molecular complexity index is 573. The Kier molecular flexibility index (Phi) is 6.60. The Balaban J connectivity index is 2.48. The third-order valence-corrected chi connectivity index (χ3v) is 4.90. The molecule has 2 rings (SSSR count). The van der Waals surface area contributed by atoms with Crippen LogP contribution in [-0.2, 0) is 4.79 Å². The predicted octanol–water partition coefficient (Wildman–Crippen LogP) is 5.24. The van der Waals surface area contributed by atoms with Gasteiger partial charge in [0.25, 0.3) is 0 Å². The average molecular weight is 323 g/mol. The minimum atomic E-state index is -0.240. The number of carbonyl (C=O) groups excluding carboxylic acids is 1. The average Bonchev–Trinajstić information content (AvgIpc) is 2.63. The van der Waals surface area contributed by atoms with E-state index in [1.807, 2.05) is 36.4 Å². The van der Waals surface area contributed by atoms with Crippen molar-refractivity contribution in [3.63, 3.8) is 0 Å². The lowest BCUT2D eigenvalue weighted by Crippen LogP contribution is -2.46. The molecule has 2 atom stereocenters. The van der Waals surface area contributed by atoms with Crippen LogP contribution in [-0.4, -0.2) is 22.9 Å². The molecular weight excluding hydrogens is 294 g/mol. The van der Waals surface area contributed by atoms with E-state index < -0.39 is 0 Å². The van der Waals surface area contributed by atoms with Gasteiger partial charge in [-0.15, -0.1) is 0 Å². The molecule has 0 saturated carbocycles. The maximum atomic E-state index is 13.6. The van der Waals surface area contributed by atoms with E-state index in [4.69, 9.17) is 0 Å². The standard InChI is InChI=1S/C22H29NO/c1-5-17(3)23(18(4)6-2)22(24)21(19-13-9-7-10-14-19)20-15-11-8-12-16-20/h7-18,21H,5-6H2,1-4H3/t17-,18+. The zero-order valence-electron chi connectivity index (χ0n) is 15.3. The van der Waals surface area contributed by atoms with E-state index in [2.05, 4.69) is 56.9 Å². The van der Waals surface area contributed by atoms with Crippen LogP contribution < -0.4 is 0 Å². The molecule has 0 aliphatic heterocycles. The summed E-state index contributed by atoms with van der Waals surface area (Å²) in [5.41, 5.74) is 2.12. The molecule has 0 radical (unpaired) electrons. The Morgan fingerprint density at radius 1 is 0.792 bits per heavy atom. The first-order valence-corrected chi connectivity index (χ1v) is 9.02. The monoisotopic (exact) mass is 323 g/mol. The molecule has 0 N–H and O–H groups in total. The van der Waals surface area contributed by atoms with Crippen molar-refractivity contribution in [1.29, 1.82) is 0 Å². The number of carbonyl (C=O) groups is 1. The predicted molar refractivity (Wildman–Crippen MR) is 101 cm³/mol. The van der Waals surface area contributed by atoms with Crippen molar-refractivity contribution in [3.8, 4) is 0 Å². The molecule has 0 aliphatic rings. The van der Waals surface area contributed by atoms with Crippen LogP contribution in [0.25, 0.3) is 0 Å². The lowest BCUT2D eigenvalue weighted by molar-refractivity contribution is -0.136. The molecule has 2 heteroatoms. The van der Waals surface area contributed by atoms with Crippen LogP contribution in [0.4, 0.5) is 0 Å². The number of amides is 1. The maximum absolute atomic E-state index is 13.6. The first-order valence-electron chi connectivity index (χ1n) is 9.02. The topological polar surface area (TPSA) is 20.3 Å². The van der Waals surface area contributed by atoms with E-state index in [1.54, 1.807) is 0 Å². The van der Waals surface area contributed by atoms with Crippen LogP contribution in [0.1, 0.15) is 57.6 Å². The molecule has 2 nitrogen and oxygen atoms in total. The molecular formula is C22H29NO. The summed E-state index contributed by atoms with van der Waals surface area (Å²) in [5, 5.41) is 0. The molecule has 24 heavy (non-hydrogen) atoms. The lowest BCUT2D eigenvalue weighted by atomic mass is 9.89. The summed E-state index contributed by atoms with van der Waals surface area (Å²) in [4.78, 5) is 15.7. The van der Waals surface area contributed by atoms with E-state index in [1.165, 1.54) is 0 Å². The van der Waals surface area contributed by atoms with Gasteiger partial charge in [-0.2, -0.15) is 0 Å². The van der Waals surface area contributed by atoms with Crippen molar-refractivity contribution < 1.29 is 4.79 Å². The Morgan fingerprint density at radius 3 is 1.50 bits per heavy atom. The fourth-order valence-electron chi connectivity index (χ4n) is 3.18. The van der Waals surface area contributed by atoms with Crippen molar-refractivity contribution in [2.45, 2.75) is 58.5 Å². The van der Waals surface area contributed by atoms with Gasteiger partial charge in [0.1, 0.15) is 0 Å². The quantitative estimate of drug-likeness (QED) is 0.682. The van der Waals surface area contributed by atoms with Gasteiger partial charge >= 0.3 is 0 Å². The normalized spacial score (nSPS) is 13.5. The maximum Gasteiger partial charge on any atom is 0.235 e. The summed E-state index contributed by atoms with van der Waals surface area (Å²) in [5.74, 6) is -0.0356. The van der Waals surface area contributed by atoms with Gasteiger partial charge in [0.05, 0.1) is 5.92 Å². The summed E-state index contributed by atoms with van der Waals surface area (Å²) in [6.45, 7) is 8.59. The summed E-state index contributed by atoms with van der Waals surface area (Å²) in [6, 6.07) is 20.7. The minimum Gasteiger partial charge on any atom is -0.336 e. The van der Waals surface area contributed by atoms with E-state index in [0.29, 0.717) is 0 Å². The molecule has 0 saturated heterocycles. The van der Waals surface area contributed by atoms with E-state index in [9.17, 15) is 4.79 Å². The molecule has 128 valence electrons. The highest BCUT2D eigenvalue weighted by Crippen LogP contribution is 2.29. The second kappa shape index (κ2) is 8.68. The van der Waals surface area contributed by atoms with Gasteiger partial charge in [0.15, 0.2) is 0 Å². The van der Waals surface area contributed by atoms with Crippen molar-refractivity contribution >= 4 is 5.91 Å². The van der Waals surface area contributed by atoms with Gasteiger partial charge in [0, 0.05) is 12.1 Å². The number of hydrogen-bond donors (Lipinski definition) is 0. The van der Waals surface area contributed by atoms with Crippen LogP contribution in [0.15, 0.2) is 60.7 Å². The summed E-state index contributed by atoms with van der Waals surface area (Å²) < 4.78 is 0. The fraction of sp³-hybridized carbons (Fsp3) is 0.409. The molecule has 0 unspecified atom stereocenters. The molecule has 0 spiro atoms. The van der Waals surface area contributed by atoms with Crippen LogP contribution >= 0.6 is 0 Å². The number of rotatable bonds is 7. The third kappa shape index (κ3) is 4.05. The zero-order valence-corrected chi connectivity index (χ0v) is 15.3. The first kappa shape index (κ1) is 18.3. The van der Waals surface area contributed by atoms with Crippen molar-refractivity contribution in [2.24, 2.45) is 0 Å². The SMILES string of the molecule is CC[C@@H](C)N(C(=O)C(c1ccccc1)c1ccccc1)[C@@H](C)CC. The van der Waals surface area contributed by atoms with Crippen LogP contribution in [0.3, 0.4) is 0 Å².